The van der Waals surface area contributed by atoms with E-state index in [1.54, 1.807) is 11.0 Å². The van der Waals surface area contributed by atoms with Crippen molar-refractivity contribution in [3.63, 3.8) is 0 Å². The molecule has 0 unspecified atom stereocenters. The summed E-state index contributed by atoms with van der Waals surface area (Å²) >= 11 is 12.0. The van der Waals surface area contributed by atoms with Crippen LogP contribution < -0.4 is 4.74 Å². The predicted molar refractivity (Wildman–Crippen MR) is 101 cm³/mol. The van der Waals surface area contributed by atoms with E-state index in [0.29, 0.717) is 36.0 Å². The molecule has 1 fully saturated rings. The molecule has 0 bridgehead atoms. The summed E-state index contributed by atoms with van der Waals surface area (Å²) in [6, 6.07) is 11.2. The topological polar surface area (TPSA) is 32.8 Å². The van der Waals surface area contributed by atoms with Crippen LogP contribution in [0.5, 0.6) is 5.75 Å². The van der Waals surface area contributed by atoms with Crippen molar-refractivity contribution in [2.24, 2.45) is 0 Å². The first-order valence-electron chi connectivity index (χ1n) is 8.38. The van der Waals surface area contributed by atoms with E-state index in [4.69, 9.17) is 27.9 Å². The third-order valence-electron chi connectivity index (χ3n) is 4.32. The molecule has 0 saturated carbocycles. The fraction of sp³-hybridized carbons (Fsp3) is 0.316. The van der Waals surface area contributed by atoms with Gasteiger partial charge in [0.15, 0.2) is 0 Å². The van der Waals surface area contributed by atoms with Crippen LogP contribution in [0.2, 0.25) is 10.0 Å². The first-order valence-corrected chi connectivity index (χ1v) is 9.14. The highest BCUT2D eigenvalue weighted by atomic mass is 35.5. The minimum atomic E-state index is -0.449. The van der Waals surface area contributed by atoms with Crippen molar-refractivity contribution in [2.45, 2.75) is 0 Å². The highest BCUT2D eigenvalue weighted by Gasteiger charge is 2.23. The van der Waals surface area contributed by atoms with Crippen molar-refractivity contribution in [3.8, 4) is 5.75 Å². The predicted octanol–water partition coefficient (Wildman–Crippen LogP) is 3.97. The van der Waals surface area contributed by atoms with Crippen LogP contribution >= 0.6 is 23.2 Å². The van der Waals surface area contributed by atoms with E-state index >= 15 is 0 Å². The van der Waals surface area contributed by atoms with Crippen LogP contribution in [-0.2, 0) is 0 Å². The van der Waals surface area contributed by atoms with E-state index in [2.05, 4.69) is 4.90 Å². The molecule has 3 rings (SSSR count). The average molecular weight is 397 g/mol. The molecule has 1 aliphatic rings. The Bertz CT molecular complexity index is 780. The van der Waals surface area contributed by atoms with E-state index in [1.807, 2.05) is 18.2 Å². The summed E-state index contributed by atoms with van der Waals surface area (Å²) in [5.74, 6) is 0.0609. The summed E-state index contributed by atoms with van der Waals surface area (Å²) in [7, 11) is 0. The third-order valence-corrected chi connectivity index (χ3v) is 4.95. The molecule has 0 aromatic heterocycles. The molecule has 0 radical (unpaired) electrons. The van der Waals surface area contributed by atoms with E-state index in [1.165, 1.54) is 12.1 Å². The Hall–Kier alpha value is -1.82. The van der Waals surface area contributed by atoms with Gasteiger partial charge in [0.05, 0.1) is 15.6 Å². The Morgan fingerprint density at radius 3 is 2.46 bits per heavy atom. The minimum absolute atomic E-state index is 0.144. The molecular weight excluding hydrogens is 378 g/mol. The number of para-hydroxylation sites is 1. The SMILES string of the molecule is O=C(c1ccc(F)cc1Cl)N1CCN(CCOc2ccccc2Cl)CC1. The number of carbonyl (C=O) groups excluding carboxylic acids is 1. The molecule has 2 aromatic rings. The highest BCUT2D eigenvalue weighted by Crippen LogP contribution is 2.23. The van der Waals surface area contributed by atoms with Gasteiger partial charge in [0, 0.05) is 32.7 Å². The first kappa shape index (κ1) is 19.0. The number of halogens is 3. The van der Waals surface area contributed by atoms with Gasteiger partial charge in [-0.05, 0) is 30.3 Å². The fourth-order valence-electron chi connectivity index (χ4n) is 2.85. The van der Waals surface area contributed by atoms with Crippen LogP contribution in [-0.4, -0.2) is 55.0 Å². The van der Waals surface area contributed by atoms with Gasteiger partial charge in [-0.15, -0.1) is 0 Å². The normalized spacial score (nSPS) is 15.1. The van der Waals surface area contributed by atoms with Gasteiger partial charge in [-0.1, -0.05) is 35.3 Å². The zero-order chi connectivity index (χ0) is 18.5. The van der Waals surface area contributed by atoms with Crippen LogP contribution in [0.15, 0.2) is 42.5 Å². The number of amides is 1. The van der Waals surface area contributed by atoms with Crippen LogP contribution in [0.3, 0.4) is 0 Å². The Labute approximate surface area is 162 Å². The Morgan fingerprint density at radius 1 is 1.04 bits per heavy atom. The lowest BCUT2D eigenvalue weighted by molar-refractivity contribution is 0.0620. The van der Waals surface area contributed by atoms with Gasteiger partial charge in [0.25, 0.3) is 5.91 Å². The molecule has 0 aliphatic carbocycles. The third kappa shape index (κ3) is 4.67. The van der Waals surface area contributed by atoms with Gasteiger partial charge in [-0.3, -0.25) is 9.69 Å². The van der Waals surface area contributed by atoms with Gasteiger partial charge in [-0.25, -0.2) is 4.39 Å². The monoisotopic (exact) mass is 396 g/mol. The van der Waals surface area contributed by atoms with E-state index in [9.17, 15) is 9.18 Å². The van der Waals surface area contributed by atoms with Crippen molar-refractivity contribution in [3.05, 3.63) is 63.9 Å². The average Bonchev–Trinajstić information content (AvgIpc) is 2.63. The van der Waals surface area contributed by atoms with Gasteiger partial charge in [-0.2, -0.15) is 0 Å². The number of nitrogens with zero attached hydrogens (tertiary/aromatic N) is 2. The van der Waals surface area contributed by atoms with E-state index < -0.39 is 5.82 Å². The lowest BCUT2D eigenvalue weighted by atomic mass is 10.1. The minimum Gasteiger partial charge on any atom is -0.491 e. The summed E-state index contributed by atoms with van der Waals surface area (Å²) in [6.07, 6.45) is 0. The maximum atomic E-state index is 13.1. The van der Waals surface area contributed by atoms with E-state index in [-0.39, 0.29) is 10.9 Å². The Morgan fingerprint density at radius 2 is 1.77 bits per heavy atom. The molecule has 0 atom stereocenters. The van der Waals surface area contributed by atoms with Crippen LogP contribution in [0.25, 0.3) is 0 Å². The lowest BCUT2D eigenvalue weighted by Crippen LogP contribution is -2.49. The zero-order valence-electron chi connectivity index (χ0n) is 14.1. The van der Waals surface area contributed by atoms with Gasteiger partial charge in [0.1, 0.15) is 18.2 Å². The summed E-state index contributed by atoms with van der Waals surface area (Å²) < 4.78 is 18.8. The second kappa shape index (κ2) is 8.71. The molecule has 26 heavy (non-hydrogen) atoms. The first-order chi connectivity index (χ1) is 12.5. The number of piperazine rings is 1. The van der Waals surface area contributed by atoms with Gasteiger partial charge < -0.3 is 9.64 Å². The molecule has 1 heterocycles. The maximum absolute atomic E-state index is 13.1. The van der Waals surface area contributed by atoms with Crippen molar-refractivity contribution in [2.75, 3.05) is 39.3 Å². The molecule has 1 amide bonds. The largest absolute Gasteiger partial charge is 0.491 e. The number of carbonyl (C=O) groups is 1. The summed E-state index contributed by atoms with van der Waals surface area (Å²) in [6.45, 7) is 3.97. The van der Waals surface area contributed by atoms with Crippen LogP contribution in [0.1, 0.15) is 10.4 Å². The Kier molecular flexibility index (Phi) is 6.35. The van der Waals surface area contributed by atoms with E-state index in [0.717, 1.165) is 25.7 Å². The van der Waals surface area contributed by atoms with Crippen molar-refractivity contribution >= 4 is 29.1 Å². The van der Waals surface area contributed by atoms with Gasteiger partial charge in [0.2, 0.25) is 0 Å². The van der Waals surface area contributed by atoms with Crippen molar-refractivity contribution in [1.29, 1.82) is 0 Å². The molecule has 138 valence electrons. The number of rotatable bonds is 5. The molecule has 2 aromatic carbocycles. The molecule has 0 spiro atoms. The summed E-state index contributed by atoms with van der Waals surface area (Å²) in [4.78, 5) is 16.5. The van der Waals surface area contributed by atoms with Crippen molar-refractivity contribution < 1.29 is 13.9 Å². The number of ether oxygens (including phenoxy) is 1. The van der Waals surface area contributed by atoms with Crippen molar-refractivity contribution in [1.82, 2.24) is 9.80 Å². The lowest BCUT2D eigenvalue weighted by Gasteiger charge is -2.34. The number of hydrogen-bond donors (Lipinski definition) is 0. The summed E-state index contributed by atoms with van der Waals surface area (Å²) in [5, 5.41) is 0.740. The summed E-state index contributed by atoms with van der Waals surface area (Å²) in [5.41, 5.74) is 0.337. The molecule has 7 heteroatoms. The molecule has 4 nitrogen and oxygen atoms in total. The highest BCUT2D eigenvalue weighted by molar-refractivity contribution is 6.33. The standard InChI is InChI=1S/C19H19Cl2FN2O2/c20-16-3-1-2-4-18(16)26-12-11-23-7-9-24(10-8-23)19(25)15-6-5-14(22)13-17(15)21/h1-6,13H,7-12H2. The number of benzene rings is 2. The van der Waals surface area contributed by atoms with Gasteiger partial charge >= 0.3 is 0 Å². The Balaban J connectivity index is 1.46. The quantitative estimate of drug-likeness (QED) is 0.766. The second-order valence-electron chi connectivity index (χ2n) is 6.04. The fourth-order valence-corrected chi connectivity index (χ4v) is 3.29. The molecular formula is C19H19Cl2FN2O2. The second-order valence-corrected chi connectivity index (χ2v) is 6.85. The smallest absolute Gasteiger partial charge is 0.255 e. The molecule has 1 saturated heterocycles. The zero-order valence-corrected chi connectivity index (χ0v) is 15.6. The molecule has 1 aliphatic heterocycles. The molecule has 0 N–H and O–H groups in total. The number of hydrogen-bond acceptors (Lipinski definition) is 3. The van der Waals surface area contributed by atoms with Crippen LogP contribution in [0.4, 0.5) is 4.39 Å². The maximum Gasteiger partial charge on any atom is 0.255 e. The van der Waals surface area contributed by atoms with Crippen LogP contribution in [0, 0.1) is 5.82 Å².